The molecular formula is C27H38F2N7O4P. The molecule has 0 aliphatic rings. The van der Waals surface area contributed by atoms with Crippen molar-refractivity contribution in [1.82, 2.24) is 29.5 Å². The number of hydrogen-bond donors (Lipinski definition) is 0. The maximum Gasteiger partial charge on any atom is 0.475 e. The van der Waals surface area contributed by atoms with Gasteiger partial charge in [-0.2, -0.15) is 15.5 Å². The van der Waals surface area contributed by atoms with Crippen LogP contribution in [0.4, 0.5) is 8.78 Å². The molecule has 0 bridgehead atoms. The highest BCUT2D eigenvalue weighted by atomic mass is 31.2. The normalized spacial score (nSPS) is 13.2. The van der Waals surface area contributed by atoms with Crippen LogP contribution >= 0.6 is 7.82 Å². The summed E-state index contributed by atoms with van der Waals surface area (Å²) >= 11 is 0. The van der Waals surface area contributed by atoms with Gasteiger partial charge in [0.1, 0.15) is 42.5 Å². The first-order valence-corrected chi connectivity index (χ1v) is 15.4. The number of unbranched alkanes of at least 4 members (excludes halogenated alkanes) is 8. The molecule has 2 aromatic heterocycles. The molecule has 41 heavy (non-hydrogen) atoms. The van der Waals surface area contributed by atoms with E-state index in [4.69, 9.17) is 18.8 Å². The second-order valence-electron chi connectivity index (χ2n) is 9.75. The number of nitriles is 1. The second-order valence-corrected chi connectivity index (χ2v) is 11.3. The molecule has 1 aromatic carbocycles. The Kier molecular flexibility index (Phi) is 13.5. The molecule has 0 amide bonds. The fraction of sp³-hybridized carbons (Fsp3) is 0.593. The molecule has 0 radical (unpaired) electrons. The zero-order chi connectivity index (χ0) is 29.4. The molecule has 0 aliphatic carbocycles. The Morgan fingerprint density at radius 2 is 1.49 bits per heavy atom. The molecular weight excluding hydrogens is 555 g/mol. The predicted molar refractivity (Wildman–Crippen MR) is 146 cm³/mol. The maximum absolute atomic E-state index is 15.4. The first-order chi connectivity index (χ1) is 19.9. The number of aromatic nitrogens is 6. The fourth-order valence-corrected chi connectivity index (χ4v) is 5.92. The summed E-state index contributed by atoms with van der Waals surface area (Å²) in [7, 11) is -4.41. The molecule has 3 aromatic rings. The SMILES string of the molecule is CCCCCCCCCCCOP(=O)(OCCC#N)OC(Cn1cncn1)(Cn1cncn1)c1ccc(F)cc1F. The summed E-state index contributed by atoms with van der Waals surface area (Å²) in [5.74, 6) is -1.73. The Balaban J connectivity index is 1.83. The van der Waals surface area contributed by atoms with Crippen LogP contribution in [0.1, 0.15) is 76.7 Å². The molecule has 1 unspecified atom stereocenters. The standard InChI is InChI=1S/C27H38F2N7O4P/c1-2-3-4-5-6-7-8-9-10-15-38-41(37,39-16-11-14-30)40-27(18-35-22-31-20-33-35,19-36-23-32-21-34-36)25-13-12-24(28)17-26(25)29/h12-13,17,20-23H,2-11,15-16,18-19H2,1H3. The monoisotopic (exact) mass is 593 g/mol. The Bertz CT molecular complexity index is 1200. The third-order valence-electron chi connectivity index (χ3n) is 6.44. The lowest BCUT2D eigenvalue weighted by Crippen LogP contribution is -2.40. The quantitative estimate of drug-likeness (QED) is 0.102. The highest BCUT2D eigenvalue weighted by molar-refractivity contribution is 7.48. The van der Waals surface area contributed by atoms with Gasteiger partial charge in [-0.3, -0.25) is 13.6 Å². The summed E-state index contributed by atoms with van der Waals surface area (Å²) in [5, 5.41) is 17.2. The van der Waals surface area contributed by atoms with E-state index >= 15 is 4.39 Å². The molecule has 0 saturated heterocycles. The zero-order valence-corrected chi connectivity index (χ0v) is 24.3. The molecule has 1 atom stereocenters. The highest BCUT2D eigenvalue weighted by Gasteiger charge is 2.46. The van der Waals surface area contributed by atoms with E-state index in [1.165, 1.54) is 72.8 Å². The number of halogens is 2. The van der Waals surface area contributed by atoms with Gasteiger partial charge in [-0.05, 0) is 12.5 Å². The van der Waals surface area contributed by atoms with Crippen molar-refractivity contribution in [3.8, 4) is 6.07 Å². The maximum atomic E-state index is 15.4. The van der Waals surface area contributed by atoms with Crippen LogP contribution in [0.25, 0.3) is 0 Å². The van der Waals surface area contributed by atoms with Gasteiger partial charge in [0, 0.05) is 11.6 Å². The Labute approximate surface area is 239 Å². The summed E-state index contributed by atoms with van der Waals surface area (Å²) in [6.45, 7) is 1.61. The van der Waals surface area contributed by atoms with Crippen LogP contribution in [0.3, 0.4) is 0 Å². The number of nitrogens with zero attached hydrogens (tertiary/aromatic N) is 7. The van der Waals surface area contributed by atoms with Crippen LogP contribution in [-0.4, -0.2) is 42.7 Å². The van der Waals surface area contributed by atoms with E-state index in [1.54, 1.807) is 0 Å². The number of phosphoric ester groups is 1. The van der Waals surface area contributed by atoms with E-state index in [2.05, 4.69) is 27.1 Å². The van der Waals surface area contributed by atoms with Gasteiger partial charge < -0.3 is 0 Å². The molecule has 0 aliphatic heterocycles. The van der Waals surface area contributed by atoms with Crippen LogP contribution in [0.15, 0.2) is 43.5 Å². The van der Waals surface area contributed by atoms with E-state index in [-0.39, 0.29) is 38.3 Å². The van der Waals surface area contributed by atoms with Gasteiger partial charge >= 0.3 is 7.82 Å². The van der Waals surface area contributed by atoms with E-state index in [1.807, 2.05) is 6.07 Å². The topological polar surface area (TPSA) is 130 Å². The Morgan fingerprint density at radius 1 is 0.902 bits per heavy atom. The third-order valence-corrected chi connectivity index (χ3v) is 8.01. The average Bonchev–Trinajstić information content (AvgIpc) is 3.64. The number of benzene rings is 1. The van der Waals surface area contributed by atoms with Crippen molar-refractivity contribution in [3.05, 3.63) is 60.7 Å². The second kappa shape index (κ2) is 17.0. The Hall–Kier alpha value is -3.04. The molecule has 11 nitrogen and oxygen atoms in total. The average molecular weight is 594 g/mol. The fourth-order valence-electron chi connectivity index (χ4n) is 4.43. The van der Waals surface area contributed by atoms with E-state index in [9.17, 15) is 8.96 Å². The number of hydrogen-bond acceptors (Lipinski definition) is 9. The van der Waals surface area contributed by atoms with Crippen molar-refractivity contribution in [3.63, 3.8) is 0 Å². The summed E-state index contributed by atoms with van der Waals surface area (Å²) in [4.78, 5) is 7.87. The van der Waals surface area contributed by atoms with E-state index in [0.717, 1.165) is 25.3 Å². The summed E-state index contributed by atoms with van der Waals surface area (Å²) in [6, 6.07) is 4.92. The van der Waals surface area contributed by atoms with E-state index in [0.29, 0.717) is 12.5 Å². The van der Waals surface area contributed by atoms with Crippen molar-refractivity contribution >= 4 is 7.82 Å². The lowest BCUT2D eigenvalue weighted by molar-refractivity contribution is -0.0257. The molecule has 0 fully saturated rings. The van der Waals surface area contributed by atoms with Crippen LogP contribution in [0.5, 0.6) is 0 Å². The van der Waals surface area contributed by atoms with Crippen molar-refractivity contribution in [2.24, 2.45) is 0 Å². The van der Waals surface area contributed by atoms with Gasteiger partial charge in [-0.1, -0.05) is 64.4 Å². The van der Waals surface area contributed by atoms with Crippen LogP contribution < -0.4 is 0 Å². The van der Waals surface area contributed by atoms with Crippen LogP contribution in [-0.2, 0) is 36.8 Å². The van der Waals surface area contributed by atoms with Gasteiger partial charge in [0.15, 0.2) is 0 Å². The van der Waals surface area contributed by atoms with Crippen molar-refractivity contribution < 1.29 is 26.9 Å². The molecule has 2 heterocycles. The molecule has 3 rings (SSSR count). The highest BCUT2D eigenvalue weighted by Crippen LogP contribution is 2.56. The molecule has 224 valence electrons. The van der Waals surface area contributed by atoms with Gasteiger partial charge in [0.2, 0.25) is 0 Å². The number of phosphoric acid groups is 1. The molecule has 0 N–H and O–H groups in total. The minimum Gasteiger partial charge on any atom is -0.287 e. The summed E-state index contributed by atoms with van der Waals surface area (Å²) < 4.78 is 63.6. The van der Waals surface area contributed by atoms with Gasteiger partial charge in [0.05, 0.1) is 38.8 Å². The third kappa shape index (κ3) is 10.7. The molecule has 14 heteroatoms. The number of rotatable bonds is 21. The minimum atomic E-state index is -4.41. The first kappa shape index (κ1) is 32.5. The first-order valence-electron chi connectivity index (χ1n) is 14.0. The lowest BCUT2D eigenvalue weighted by atomic mass is 9.93. The molecule has 0 spiro atoms. The minimum absolute atomic E-state index is 0.0638. The predicted octanol–water partition coefficient (Wildman–Crippen LogP) is 6.35. The molecule has 0 saturated carbocycles. The van der Waals surface area contributed by atoms with E-state index < -0.39 is 25.1 Å². The largest absolute Gasteiger partial charge is 0.475 e. The van der Waals surface area contributed by atoms with Gasteiger partial charge in [0.25, 0.3) is 0 Å². The zero-order valence-electron chi connectivity index (χ0n) is 23.4. The van der Waals surface area contributed by atoms with Crippen molar-refractivity contribution in [2.45, 2.75) is 89.8 Å². The van der Waals surface area contributed by atoms with Crippen molar-refractivity contribution in [2.75, 3.05) is 13.2 Å². The van der Waals surface area contributed by atoms with Crippen LogP contribution in [0, 0.1) is 23.0 Å². The van der Waals surface area contributed by atoms with Gasteiger partial charge in [-0.15, -0.1) is 0 Å². The smallest absolute Gasteiger partial charge is 0.287 e. The lowest BCUT2D eigenvalue weighted by Gasteiger charge is -2.36. The Morgan fingerprint density at radius 3 is 2.02 bits per heavy atom. The van der Waals surface area contributed by atoms with Crippen LogP contribution in [0.2, 0.25) is 0 Å². The summed E-state index contributed by atoms with van der Waals surface area (Å²) in [5.41, 5.74) is -1.94. The van der Waals surface area contributed by atoms with Gasteiger partial charge in [-0.25, -0.2) is 32.7 Å². The summed E-state index contributed by atoms with van der Waals surface area (Å²) in [6.07, 6.45) is 15.0. The van der Waals surface area contributed by atoms with Crippen molar-refractivity contribution in [1.29, 1.82) is 5.26 Å².